The van der Waals surface area contributed by atoms with Crippen LogP contribution in [0.15, 0.2) is 0 Å². The Kier molecular flexibility index (Phi) is 10.8. The van der Waals surface area contributed by atoms with Crippen LogP contribution in [0.25, 0.3) is 0 Å². The Hall–Kier alpha value is -0.160. The third kappa shape index (κ3) is 8.44. The Morgan fingerprint density at radius 2 is 1.57 bits per heavy atom. The van der Waals surface area contributed by atoms with Crippen molar-refractivity contribution in [1.82, 2.24) is 4.90 Å². The fraction of sp³-hybridized carbons (Fsp3) is 1.00. The standard InChI is InChI=1S/C10H23NO3/c1-14-10-4-2-3-5-11(6-8-12)7-9-13/h12-13H,2-10H2,1H3. The predicted octanol–water partition coefficient (Wildman–Crippen LogP) is 0.0897. The SMILES string of the molecule is COCCCCCN(CCO)CCO. The normalized spacial score (nSPS) is 11.1. The average Bonchev–Trinajstić information content (AvgIpc) is 2.18. The summed E-state index contributed by atoms with van der Waals surface area (Å²) in [6, 6.07) is 0. The molecule has 4 nitrogen and oxygen atoms in total. The molecule has 2 N–H and O–H groups in total. The number of rotatable bonds is 10. The highest BCUT2D eigenvalue weighted by molar-refractivity contribution is 4.56. The largest absolute Gasteiger partial charge is 0.395 e. The first-order valence-electron chi connectivity index (χ1n) is 5.28. The minimum atomic E-state index is 0.165. The molecule has 0 atom stereocenters. The molecular formula is C10H23NO3. The zero-order chi connectivity index (χ0) is 10.6. The summed E-state index contributed by atoms with van der Waals surface area (Å²) in [6.45, 7) is 3.41. The lowest BCUT2D eigenvalue weighted by Crippen LogP contribution is -2.30. The summed E-state index contributed by atoms with van der Waals surface area (Å²) < 4.78 is 4.95. The van der Waals surface area contributed by atoms with Crippen molar-refractivity contribution in [3.63, 3.8) is 0 Å². The second-order valence-corrected chi connectivity index (χ2v) is 3.34. The van der Waals surface area contributed by atoms with Crippen LogP contribution in [0.5, 0.6) is 0 Å². The van der Waals surface area contributed by atoms with Gasteiger partial charge in [0.1, 0.15) is 0 Å². The van der Waals surface area contributed by atoms with Crippen molar-refractivity contribution in [1.29, 1.82) is 0 Å². The van der Waals surface area contributed by atoms with E-state index in [4.69, 9.17) is 14.9 Å². The van der Waals surface area contributed by atoms with Crippen molar-refractivity contribution < 1.29 is 14.9 Å². The first kappa shape index (κ1) is 13.8. The lowest BCUT2D eigenvalue weighted by Gasteiger charge is -2.19. The molecular weight excluding hydrogens is 182 g/mol. The number of methoxy groups -OCH3 is 1. The number of unbranched alkanes of at least 4 members (excludes halogenated alkanes) is 2. The molecule has 0 rings (SSSR count). The predicted molar refractivity (Wildman–Crippen MR) is 56.3 cm³/mol. The summed E-state index contributed by atoms with van der Waals surface area (Å²) in [5.74, 6) is 0. The maximum Gasteiger partial charge on any atom is 0.0558 e. The molecule has 0 radical (unpaired) electrons. The third-order valence-electron chi connectivity index (χ3n) is 2.16. The number of ether oxygens (including phenoxy) is 1. The topological polar surface area (TPSA) is 52.9 Å². The van der Waals surface area contributed by atoms with Crippen molar-refractivity contribution in [2.75, 3.05) is 46.6 Å². The summed E-state index contributed by atoms with van der Waals surface area (Å²) in [5, 5.41) is 17.5. The monoisotopic (exact) mass is 205 g/mol. The fourth-order valence-electron chi connectivity index (χ4n) is 1.38. The minimum Gasteiger partial charge on any atom is -0.395 e. The van der Waals surface area contributed by atoms with Gasteiger partial charge in [0.05, 0.1) is 13.2 Å². The smallest absolute Gasteiger partial charge is 0.0558 e. The molecule has 0 aromatic rings. The molecule has 0 saturated heterocycles. The highest BCUT2D eigenvalue weighted by Crippen LogP contribution is 1.98. The number of hydrogen-bond acceptors (Lipinski definition) is 4. The van der Waals surface area contributed by atoms with Crippen LogP contribution in [-0.4, -0.2) is 61.7 Å². The van der Waals surface area contributed by atoms with Crippen LogP contribution in [0.1, 0.15) is 19.3 Å². The van der Waals surface area contributed by atoms with Gasteiger partial charge in [0, 0.05) is 26.8 Å². The van der Waals surface area contributed by atoms with Gasteiger partial charge >= 0.3 is 0 Å². The summed E-state index contributed by atoms with van der Waals surface area (Å²) in [4.78, 5) is 2.08. The molecule has 0 aromatic carbocycles. The van der Waals surface area contributed by atoms with Crippen molar-refractivity contribution in [3.05, 3.63) is 0 Å². The molecule has 86 valence electrons. The van der Waals surface area contributed by atoms with E-state index in [0.29, 0.717) is 13.1 Å². The van der Waals surface area contributed by atoms with Gasteiger partial charge in [-0.3, -0.25) is 4.90 Å². The summed E-state index contributed by atoms with van der Waals surface area (Å²) >= 11 is 0. The van der Waals surface area contributed by atoms with E-state index in [0.717, 1.165) is 32.4 Å². The molecule has 0 saturated carbocycles. The lowest BCUT2D eigenvalue weighted by atomic mass is 10.2. The Balaban J connectivity index is 3.30. The number of aliphatic hydroxyl groups is 2. The molecule has 4 heteroatoms. The van der Waals surface area contributed by atoms with E-state index in [2.05, 4.69) is 4.90 Å². The molecule has 0 amide bonds. The first-order chi connectivity index (χ1) is 6.85. The van der Waals surface area contributed by atoms with E-state index in [-0.39, 0.29) is 13.2 Å². The van der Waals surface area contributed by atoms with E-state index < -0.39 is 0 Å². The molecule has 14 heavy (non-hydrogen) atoms. The van der Waals surface area contributed by atoms with Crippen molar-refractivity contribution in [2.45, 2.75) is 19.3 Å². The lowest BCUT2D eigenvalue weighted by molar-refractivity contribution is 0.155. The van der Waals surface area contributed by atoms with E-state index in [1.165, 1.54) is 0 Å². The van der Waals surface area contributed by atoms with Crippen molar-refractivity contribution >= 4 is 0 Å². The van der Waals surface area contributed by atoms with Crippen LogP contribution in [-0.2, 0) is 4.74 Å². The van der Waals surface area contributed by atoms with Crippen molar-refractivity contribution in [3.8, 4) is 0 Å². The van der Waals surface area contributed by atoms with Gasteiger partial charge in [0.25, 0.3) is 0 Å². The molecule has 0 aromatic heterocycles. The number of aliphatic hydroxyl groups excluding tert-OH is 2. The quantitative estimate of drug-likeness (QED) is 0.496. The summed E-state index contributed by atoms with van der Waals surface area (Å²) in [5.41, 5.74) is 0. The maximum absolute atomic E-state index is 8.76. The van der Waals surface area contributed by atoms with Gasteiger partial charge in [-0.1, -0.05) is 0 Å². The second kappa shape index (κ2) is 10.9. The maximum atomic E-state index is 8.76. The second-order valence-electron chi connectivity index (χ2n) is 3.34. The van der Waals surface area contributed by atoms with Crippen molar-refractivity contribution in [2.24, 2.45) is 0 Å². The molecule has 0 spiro atoms. The Morgan fingerprint density at radius 1 is 0.929 bits per heavy atom. The number of nitrogens with zero attached hydrogens (tertiary/aromatic N) is 1. The summed E-state index contributed by atoms with van der Waals surface area (Å²) in [6.07, 6.45) is 3.33. The zero-order valence-electron chi connectivity index (χ0n) is 9.11. The van der Waals surface area contributed by atoms with Crippen LogP contribution >= 0.6 is 0 Å². The van der Waals surface area contributed by atoms with Crippen LogP contribution in [0.4, 0.5) is 0 Å². The van der Waals surface area contributed by atoms with Crippen LogP contribution in [0.3, 0.4) is 0 Å². The van der Waals surface area contributed by atoms with Crippen LogP contribution in [0.2, 0.25) is 0 Å². The van der Waals surface area contributed by atoms with Gasteiger partial charge in [-0.05, 0) is 25.8 Å². The Labute approximate surface area is 86.5 Å². The third-order valence-corrected chi connectivity index (χ3v) is 2.16. The zero-order valence-corrected chi connectivity index (χ0v) is 9.11. The van der Waals surface area contributed by atoms with Gasteiger partial charge in [-0.2, -0.15) is 0 Å². The van der Waals surface area contributed by atoms with Crippen LogP contribution in [0, 0.1) is 0 Å². The molecule has 0 aliphatic heterocycles. The van der Waals surface area contributed by atoms with E-state index in [9.17, 15) is 0 Å². The highest BCUT2D eigenvalue weighted by atomic mass is 16.5. The molecule has 0 bridgehead atoms. The average molecular weight is 205 g/mol. The van der Waals surface area contributed by atoms with Gasteiger partial charge < -0.3 is 14.9 Å². The van der Waals surface area contributed by atoms with E-state index in [1.54, 1.807) is 7.11 Å². The molecule has 0 fully saturated rings. The van der Waals surface area contributed by atoms with Crippen LogP contribution < -0.4 is 0 Å². The van der Waals surface area contributed by atoms with Gasteiger partial charge in [-0.15, -0.1) is 0 Å². The molecule has 0 aliphatic carbocycles. The fourth-order valence-corrected chi connectivity index (χ4v) is 1.38. The Bertz CT molecular complexity index is 106. The highest BCUT2D eigenvalue weighted by Gasteiger charge is 2.02. The van der Waals surface area contributed by atoms with Gasteiger partial charge in [-0.25, -0.2) is 0 Å². The molecule has 0 aliphatic rings. The first-order valence-corrected chi connectivity index (χ1v) is 5.28. The number of hydrogen-bond donors (Lipinski definition) is 2. The van der Waals surface area contributed by atoms with Gasteiger partial charge in [0.15, 0.2) is 0 Å². The van der Waals surface area contributed by atoms with Gasteiger partial charge in [0.2, 0.25) is 0 Å². The minimum absolute atomic E-state index is 0.165. The Morgan fingerprint density at radius 3 is 2.07 bits per heavy atom. The van der Waals surface area contributed by atoms with E-state index in [1.807, 2.05) is 0 Å². The van der Waals surface area contributed by atoms with E-state index >= 15 is 0 Å². The molecule has 0 unspecified atom stereocenters. The summed E-state index contributed by atoms with van der Waals surface area (Å²) in [7, 11) is 1.71. The molecule has 0 heterocycles.